The lowest BCUT2D eigenvalue weighted by atomic mass is 10.3. The van der Waals surface area contributed by atoms with Crippen molar-refractivity contribution < 1.29 is 14.3 Å². The van der Waals surface area contributed by atoms with Gasteiger partial charge in [0.2, 0.25) is 0 Å². The summed E-state index contributed by atoms with van der Waals surface area (Å²) in [5, 5.41) is 5.20. The van der Waals surface area contributed by atoms with Crippen molar-refractivity contribution in [3.8, 4) is 0 Å². The number of anilines is 2. The van der Waals surface area contributed by atoms with Crippen LogP contribution in [-0.2, 0) is 4.74 Å². The summed E-state index contributed by atoms with van der Waals surface area (Å²) in [7, 11) is 0. The number of para-hydroxylation sites is 2. The molecule has 0 aromatic heterocycles. The largest absolute Gasteiger partial charge is 0.445 e. The Morgan fingerprint density at radius 1 is 0.957 bits per heavy atom. The molecule has 0 radical (unpaired) electrons. The molecule has 120 valence electrons. The molecule has 2 N–H and O–H groups in total. The van der Waals surface area contributed by atoms with E-state index in [2.05, 4.69) is 10.6 Å². The summed E-state index contributed by atoms with van der Waals surface area (Å²) in [6.07, 6.45) is -0.919. The van der Waals surface area contributed by atoms with Crippen molar-refractivity contribution in [2.75, 3.05) is 16.4 Å². The Hall–Kier alpha value is -2.47. The second-order valence-electron chi connectivity index (χ2n) is 4.80. The van der Waals surface area contributed by atoms with Gasteiger partial charge in [0.05, 0.1) is 0 Å². The molecule has 2 aromatic carbocycles. The molecular weight excluding hydrogens is 312 g/mol. The highest BCUT2D eigenvalue weighted by molar-refractivity contribution is 8.13. The highest BCUT2D eigenvalue weighted by Gasteiger charge is 2.12. The lowest BCUT2D eigenvalue weighted by molar-refractivity contribution is 0.132. The third-order valence-electron chi connectivity index (χ3n) is 2.80. The Bertz CT molecular complexity index is 635. The van der Waals surface area contributed by atoms with Crippen molar-refractivity contribution >= 4 is 34.5 Å². The molecule has 6 heteroatoms. The second kappa shape index (κ2) is 8.85. The number of rotatable bonds is 5. The fourth-order valence-electron chi connectivity index (χ4n) is 1.75. The van der Waals surface area contributed by atoms with Crippen LogP contribution >= 0.6 is 11.8 Å². The van der Waals surface area contributed by atoms with E-state index in [1.54, 1.807) is 19.1 Å². The molecule has 0 aliphatic carbocycles. The maximum absolute atomic E-state index is 11.8. The van der Waals surface area contributed by atoms with E-state index in [0.717, 1.165) is 17.4 Å². The second-order valence-corrected chi connectivity index (χ2v) is 5.79. The summed E-state index contributed by atoms with van der Waals surface area (Å²) >= 11 is 1.07. The monoisotopic (exact) mass is 330 g/mol. The standard InChI is InChI=1S/C17H18N2O3S/c1-13(22-16(20)18-14-8-4-2-5-9-14)12-23-17(21)19-15-10-6-3-7-11-15/h2-11,13H,12H2,1H3,(H,18,20)(H,19,21). The Morgan fingerprint density at radius 3 is 2.04 bits per heavy atom. The number of thioether (sulfide) groups is 1. The molecule has 0 aliphatic heterocycles. The zero-order valence-corrected chi connectivity index (χ0v) is 13.5. The minimum atomic E-state index is -0.534. The van der Waals surface area contributed by atoms with Crippen molar-refractivity contribution in [1.29, 1.82) is 0 Å². The number of ether oxygens (including phenoxy) is 1. The Labute approximate surface area is 139 Å². The molecule has 0 heterocycles. The van der Waals surface area contributed by atoms with Crippen LogP contribution in [0, 0.1) is 0 Å². The molecule has 2 aromatic rings. The first-order valence-electron chi connectivity index (χ1n) is 7.15. The van der Waals surface area contributed by atoms with Crippen LogP contribution in [0.4, 0.5) is 21.0 Å². The van der Waals surface area contributed by atoms with Gasteiger partial charge in [-0.15, -0.1) is 0 Å². The van der Waals surface area contributed by atoms with Crippen LogP contribution in [-0.4, -0.2) is 23.2 Å². The topological polar surface area (TPSA) is 67.4 Å². The average molecular weight is 330 g/mol. The van der Waals surface area contributed by atoms with Crippen molar-refractivity contribution in [2.24, 2.45) is 0 Å². The fourth-order valence-corrected chi connectivity index (χ4v) is 2.40. The molecule has 0 fully saturated rings. The van der Waals surface area contributed by atoms with Gasteiger partial charge in [-0.3, -0.25) is 10.1 Å². The number of nitrogens with one attached hydrogen (secondary N) is 2. The van der Waals surface area contributed by atoms with Crippen LogP contribution in [0.1, 0.15) is 6.92 Å². The van der Waals surface area contributed by atoms with Crippen molar-refractivity contribution in [3.05, 3.63) is 60.7 Å². The van der Waals surface area contributed by atoms with Crippen LogP contribution in [0.3, 0.4) is 0 Å². The van der Waals surface area contributed by atoms with Crippen LogP contribution < -0.4 is 10.6 Å². The van der Waals surface area contributed by atoms with Crippen molar-refractivity contribution in [2.45, 2.75) is 13.0 Å². The maximum atomic E-state index is 11.8. The van der Waals surface area contributed by atoms with E-state index in [1.807, 2.05) is 48.5 Å². The zero-order valence-electron chi connectivity index (χ0n) is 12.7. The number of amides is 2. The van der Waals surface area contributed by atoms with E-state index in [9.17, 15) is 9.59 Å². The van der Waals surface area contributed by atoms with E-state index >= 15 is 0 Å². The minimum Gasteiger partial charge on any atom is -0.445 e. The van der Waals surface area contributed by atoms with Gasteiger partial charge in [0, 0.05) is 17.1 Å². The van der Waals surface area contributed by atoms with Gasteiger partial charge in [-0.05, 0) is 31.2 Å². The maximum Gasteiger partial charge on any atom is 0.411 e. The van der Waals surface area contributed by atoms with Crippen molar-refractivity contribution in [3.63, 3.8) is 0 Å². The van der Waals surface area contributed by atoms with Gasteiger partial charge in [-0.1, -0.05) is 48.2 Å². The van der Waals surface area contributed by atoms with E-state index in [4.69, 9.17) is 4.74 Å². The van der Waals surface area contributed by atoms with Crippen LogP contribution in [0.2, 0.25) is 0 Å². The third-order valence-corrected chi connectivity index (χ3v) is 3.80. The fraction of sp³-hybridized carbons (Fsp3) is 0.176. The minimum absolute atomic E-state index is 0.185. The molecule has 23 heavy (non-hydrogen) atoms. The number of benzene rings is 2. The summed E-state index contributed by atoms with van der Waals surface area (Å²) in [5.41, 5.74) is 1.40. The summed E-state index contributed by atoms with van der Waals surface area (Å²) < 4.78 is 5.20. The first-order chi connectivity index (χ1) is 11.1. The molecule has 0 saturated heterocycles. The van der Waals surface area contributed by atoms with Gasteiger partial charge in [0.15, 0.2) is 0 Å². The molecule has 0 saturated carbocycles. The predicted octanol–water partition coefficient (Wildman–Crippen LogP) is 4.59. The van der Waals surface area contributed by atoms with Crippen LogP contribution in [0.15, 0.2) is 60.7 Å². The summed E-state index contributed by atoms with van der Waals surface area (Å²) in [4.78, 5) is 23.5. The molecule has 5 nitrogen and oxygen atoms in total. The SMILES string of the molecule is CC(CSC(=O)Nc1ccccc1)OC(=O)Nc1ccccc1. The van der Waals surface area contributed by atoms with Crippen LogP contribution in [0.5, 0.6) is 0 Å². The summed E-state index contributed by atoms with van der Waals surface area (Å²) in [5.74, 6) is 0.376. The molecule has 2 amide bonds. The average Bonchev–Trinajstić information content (AvgIpc) is 2.55. The van der Waals surface area contributed by atoms with E-state index in [-0.39, 0.29) is 11.3 Å². The summed E-state index contributed by atoms with van der Waals surface area (Å²) in [6, 6.07) is 18.2. The zero-order chi connectivity index (χ0) is 16.5. The smallest absolute Gasteiger partial charge is 0.411 e. The number of hydrogen-bond acceptors (Lipinski definition) is 4. The van der Waals surface area contributed by atoms with Gasteiger partial charge in [0.25, 0.3) is 5.24 Å². The normalized spacial score (nSPS) is 11.3. The number of carbonyl (C=O) groups excluding carboxylic acids is 2. The number of carbonyl (C=O) groups is 2. The van der Waals surface area contributed by atoms with Gasteiger partial charge < -0.3 is 10.1 Å². The Kier molecular flexibility index (Phi) is 6.50. The van der Waals surface area contributed by atoms with Gasteiger partial charge >= 0.3 is 6.09 Å². The molecule has 0 bridgehead atoms. The summed E-state index contributed by atoms with van der Waals surface area (Å²) in [6.45, 7) is 1.74. The Balaban J connectivity index is 1.69. The van der Waals surface area contributed by atoms with Gasteiger partial charge in [-0.25, -0.2) is 4.79 Å². The lowest BCUT2D eigenvalue weighted by Gasteiger charge is -2.13. The molecular formula is C17H18N2O3S. The lowest BCUT2D eigenvalue weighted by Crippen LogP contribution is -2.22. The molecule has 2 rings (SSSR count). The highest BCUT2D eigenvalue weighted by atomic mass is 32.2. The number of hydrogen-bond donors (Lipinski definition) is 2. The van der Waals surface area contributed by atoms with E-state index in [1.165, 1.54) is 0 Å². The molecule has 1 unspecified atom stereocenters. The van der Waals surface area contributed by atoms with Crippen LogP contribution in [0.25, 0.3) is 0 Å². The quantitative estimate of drug-likeness (QED) is 0.841. The molecule has 0 spiro atoms. The van der Waals surface area contributed by atoms with E-state index < -0.39 is 6.09 Å². The first-order valence-corrected chi connectivity index (χ1v) is 8.13. The first kappa shape index (κ1) is 16.9. The van der Waals surface area contributed by atoms with Gasteiger partial charge in [0.1, 0.15) is 6.10 Å². The highest BCUT2D eigenvalue weighted by Crippen LogP contribution is 2.13. The predicted molar refractivity (Wildman–Crippen MR) is 93.9 cm³/mol. The van der Waals surface area contributed by atoms with Crippen molar-refractivity contribution in [1.82, 2.24) is 0 Å². The Morgan fingerprint density at radius 2 is 1.48 bits per heavy atom. The molecule has 1 atom stereocenters. The molecule has 0 aliphatic rings. The van der Waals surface area contributed by atoms with Gasteiger partial charge in [-0.2, -0.15) is 0 Å². The van der Waals surface area contributed by atoms with E-state index in [0.29, 0.717) is 11.4 Å². The third kappa shape index (κ3) is 6.44.